The molecule has 2 heterocycles. The van der Waals surface area contributed by atoms with Crippen molar-refractivity contribution in [3.05, 3.63) is 0 Å². The Morgan fingerprint density at radius 2 is 2.54 bits per heavy atom. The van der Waals surface area contributed by atoms with Gasteiger partial charge in [-0.2, -0.15) is 0 Å². The van der Waals surface area contributed by atoms with Gasteiger partial charge in [-0.3, -0.25) is 9.69 Å². The molecule has 2 rings (SSSR count). The number of halogens is 1. The molecule has 2 unspecified atom stereocenters. The van der Waals surface area contributed by atoms with Gasteiger partial charge in [0.25, 0.3) is 5.17 Å². The van der Waals surface area contributed by atoms with Crippen LogP contribution in [0.25, 0.3) is 0 Å². The van der Waals surface area contributed by atoms with Gasteiger partial charge in [0.1, 0.15) is 12.6 Å². The van der Waals surface area contributed by atoms with Gasteiger partial charge in [-0.15, -0.1) is 0 Å². The predicted octanol–water partition coefficient (Wildman–Crippen LogP) is -4.16. The van der Waals surface area contributed by atoms with Gasteiger partial charge in [-0.1, -0.05) is 0 Å². The maximum Gasteiger partial charge on any atom is 0.309 e. The van der Waals surface area contributed by atoms with Crippen LogP contribution in [0, 0.1) is 0 Å². The maximum absolute atomic E-state index is 10.5. The number of amidine groups is 1. The average molecular weight is 223 g/mol. The number of rotatable bonds is 2. The third-order valence-electron chi connectivity index (χ3n) is 2.25. The highest BCUT2D eigenvalue weighted by atomic mass is 35.5. The van der Waals surface area contributed by atoms with Gasteiger partial charge >= 0.3 is 5.97 Å². The van der Waals surface area contributed by atoms with Crippen LogP contribution in [0.2, 0.25) is 0 Å². The third-order valence-corrected chi connectivity index (χ3v) is 3.48. The molecule has 4 nitrogen and oxygen atoms in total. The molecule has 2 atom stereocenters. The third kappa shape index (κ3) is 2.15. The molecule has 2 N–H and O–H groups in total. The Labute approximate surface area is 86.8 Å². The minimum absolute atomic E-state index is 0. The molecule has 2 aliphatic rings. The van der Waals surface area contributed by atoms with Crippen LogP contribution in [-0.2, 0) is 4.79 Å². The number of nitrogens with zero attached hydrogens (tertiary/aromatic N) is 1. The fraction of sp³-hybridized carbons (Fsp3) is 0.714. The van der Waals surface area contributed by atoms with Crippen LogP contribution in [0.15, 0.2) is 4.99 Å². The zero-order valence-corrected chi connectivity index (χ0v) is 8.57. The summed E-state index contributed by atoms with van der Waals surface area (Å²) in [7, 11) is 0. The lowest BCUT2D eigenvalue weighted by molar-refractivity contribution is -0.816. The molecule has 2 aliphatic heterocycles. The van der Waals surface area contributed by atoms with Crippen molar-refractivity contribution >= 4 is 22.9 Å². The number of thioether (sulfide) groups is 1. The summed E-state index contributed by atoms with van der Waals surface area (Å²) in [4.78, 5) is 16.1. The molecule has 1 fully saturated rings. The second-order valence-corrected chi connectivity index (χ2v) is 4.08. The lowest BCUT2D eigenvalue weighted by Crippen LogP contribution is -3.15. The Morgan fingerprint density at radius 3 is 3.23 bits per heavy atom. The van der Waals surface area contributed by atoms with Crippen LogP contribution < -0.4 is 17.3 Å². The van der Waals surface area contributed by atoms with E-state index < -0.39 is 5.97 Å². The van der Waals surface area contributed by atoms with Gasteiger partial charge in [0, 0.05) is 0 Å². The number of carboxylic acids is 1. The zero-order chi connectivity index (χ0) is 8.55. The van der Waals surface area contributed by atoms with Crippen LogP contribution in [0.3, 0.4) is 0 Å². The fourth-order valence-electron chi connectivity index (χ4n) is 1.68. The maximum atomic E-state index is 10.5. The summed E-state index contributed by atoms with van der Waals surface area (Å²) in [6.07, 6.45) is 0.279. The number of carboxylic acid groups (broad SMARTS) is 1. The molecule has 0 aromatic heterocycles. The molecule has 74 valence electrons. The van der Waals surface area contributed by atoms with Crippen LogP contribution in [0.1, 0.15) is 6.42 Å². The molecule has 6 heteroatoms. The lowest BCUT2D eigenvalue weighted by Gasteiger charge is -2.13. The molecule has 1 saturated heterocycles. The van der Waals surface area contributed by atoms with Gasteiger partial charge in [0.05, 0.1) is 18.7 Å². The minimum Gasteiger partial charge on any atom is -1.00 e. The summed E-state index contributed by atoms with van der Waals surface area (Å²) in [6.45, 7) is 1.86. The summed E-state index contributed by atoms with van der Waals surface area (Å²) in [6, 6.07) is 0.258. The van der Waals surface area contributed by atoms with Crippen molar-refractivity contribution in [2.24, 2.45) is 4.99 Å². The summed E-state index contributed by atoms with van der Waals surface area (Å²) >= 11 is 1.71. The number of quaternary nitrogens is 1. The summed E-state index contributed by atoms with van der Waals surface area (Å²) in [5, 5.41) is 9.76. The van der Waals surface area contributed by atoms with Crippen LogP contribution in [0.4, 0.5) is 0 Å². The first-order valence-corrected chi connectivity index (χ1v) is 5.01. The van der Waals surface area contributed by atoms with E-state index in [-0.39, 0.29) is 24.9 Å². The fourth-order valence-corrected chi connectivity index (χ4v) is 2.99. The molecule has 13 heavy (non-hydrogen) atoms. The van der Waals surface area contributed by atoms with Crippen molar-refractivity contribution in [2.45, 2.75) is 12.5 Å². The smallest absolute Gasteiger partial charge is 0.309 e. The summed E-state index contributed by atoms with van der Waals surface area (Å²) in [5.74, 6) is 0.224. The van der Waals surface area contributed by atoms with E-state index in [1.165, 1.54) is 4.90 Å². The number of hydrogen-bond acceptors (Lipinski definition) is 3. The summed E-state index contributed by atoms with van der Waals surface area (Å²) < 4.78 is 0. The highest BCUT2D eigenvalue weighted by Gasteiger charge is 2.39. The average Bonchev–Trinajstić information content (AvgIpc) is 2.52. The minimum atomic E-state index is -0.693. The van der Waals surface area contributed by atoms with E-state index in [1.807, 2.05) is 0 Å². The van der Waals surface area contributed by atoms with Crippen molar-refractivity contribution in [1.82, 2.24) is 0 Å². The Balaban J connectivity index is 0.000000845. The number of nitrogens with one attached hydrogen (secondary N) is 1. The van der Waals surface area contributed by atoms with E-state index in [1.54, 1.807) is 11.8 Å². The van der Waals surface area contributed by atoms with E-state index in [0.717, 1.165) is 24.0 Å². The Hall–Kier alpha value is -0.260. The van der Waals surface area contributed by atoms with Crippen LogP contribution in [-0.4, -0.2) is 41.1 Å². The van der Waals surface area contributed by atoms with Gasteiger partial charge in [-0.05, 0) is 11.8 Å². The topological polar surface area (TPSA) is 54.1 Å². The van der Waals surface area contributed by atoms with Crippen LogP contribution in [0.5, 0.6) is 0 Å². The second-order valence-electron chi connectivity index (χ2n) is 3.07. The molecule has 0 spiro atoms. The van der Waals surface area contributed by atoms with E-state index >= 15 is 0 Å². The standard InChI is InChI=1S/C7H10N2O2S.ClH/c10-6(11)3-5-4-12-7-8-1-2-9(5)7;/h5H,1-4H2,(H,10,11);1H. The van der Waals surface area contributed by atoms with Crippen molar-refractivity contribution in [1.29, 1.82) is 0 Å². The first-order chi connectivity index (χ1) is 5.77. The van der Waals surface area contributed by atoms with Gasteiger partial charge in [0.2, 0.25) is 0 Å². The van der Waals surface area contributed by atoms with E-state index in [2.05, 4.69) is 4.99 Å². The predicted molar refractivity (Wildman–Crippen MR) is 46.6 cm³/mol. The molecular formula is C7H11ClN2O2S. The largest absolute Gasteiger partial charge is 1.00 e. The normalized spacial score (nSPS) is 30.6. The van der Waals surface area contributed by atoms with Gasteiger partial charge in [-0.25, -0.2) is 4.99 Å². The molecule has 0 aromatic rings. The van der Waals surface area contributed by atoms with Crippen LogP contribution >= 0.6 is 11.8 Å². The van der Waals surface area contributed by atoms with Crippen molar-refractivity contribution in [3.8, 4) is 0 Å². The number of carbonyl (C=O) groups is 1. The van der Waals surface area contributed by atoms with Gasteiger partial charge < -0.3 is 17.5 Å². The van der Waals surface area contributed by atoms with E-state index in [0.29, 0.717) is 0 Å². The zero-order valence-electron chi connectivity index (χ0n) is 6.99. The number of fused-ring (bicyclic) bond motifs is 1. The lowest BCUT2D eigenvalue weighted by atomic mass is 10.2. The van der Waals surface area contributed by atoms with Crippen molar-refractivity contribution in [2.75, 3.05) is 18.8 Å². The molecule has 0 amide bonds. The first kappa shape index (κ1) is 10.8. The quantitative estimate of drug-likeness (QED) is 0.499. The monoisotopic (exact) mass is 222 g/mol. The number of hydrogen-bond donors (Lipinski definition) is 2. The Kier molecular flexibility index (Phi) is 3.58. The molecule has 0 saturated carbocycles. The first-order valence-electron chi connectivity index (χ1n) is 4.02. The summed E-state index contributed by atoms with van der Waals surface area (Å²) in [5.41, 5.74) is 0. The molecule has 0 bridgehead atoms. The Morgan fingerprint density at radius 1 is 1.77 bits per heavy atom. The van der Waals surface area contributed by atoms with Crippen molar-refractivity contribution in [3.63, 3.8) is 0 Å². The SMILES string of the molecule is O=C(O)CC1CSC2=NCC[NH+]21.[Cl-]. The van der Waals surface area contributed by atoms with E-state index in [4.69, 9.17) is 5.11 Å². The highest BCUT2D eigenvalue weighted by molar-refractivity contribution is 8.13. The number of aliphatic carboxylic acids is 1. The van der Waals surface area contributed by atoms with E-state index in [9.17, 15) is 4.79 Å². The second kappa shape index (κ2) is 4.30. The van der Waals surface area contributed by atoms with Crippen molar-refractivity contribution < 1.29 is 27.2 Å². The molecular weight excluding hydrogens is 212 g/mol. The molecule has 0 radical (unpaired) electrons. The Bertz CT molecular complexity index is 247. The number of aliphatic imine (C=N–C) groups is 1. The molecule has 0 aliphatic carbocycles. The molecule has 0 aromatic carbocycles. The van der Waals surface area contributed by atoms with Gasteiger partial charge in [0.15, 0.2) is 0 Å². The highest BCUT2D eigenvalue weighted by Crippen LogP contribution is 2.13.